The molecular weight excluding hydrogens is 341 g/mol. The van der Waals surface area contributed by atoms with Crippen LogP contribution in [-0.4, -0.2) is 29.9 Å². The summed E-state index contributed by atoms with van der Waals surface area (Å²) < 4.78 is 36.7. The molecule has 1 fully saturated rings. The van der Waals surface area contributed by atoms with Gasteiger partial charge in [-0.05, 0) is 48.9 Å². The predicted octanol–water partition coefficient (Wildman–Crippen LogP) is 3.48. The Morgan fingerprint density at radius 3 is 2.33 bits per heavy atom. The summed E-state index contributed by atoms with van der Waals surface area (Å²) in [7, 11) is 0. The van der Waals surface area contributed by atoms with Crippen LogP contribution < -0.4 is 10.6 Å². The number of alkyl halides is 3. The molecule has 0 heterocycles. The second kappa shape index (κ2) is 8.41. The minimum Gasteiger partial charge on any atom is -0.353 e. The number of thioether (sulfide) groups is 1. The molecule has 2 rings (SSSR count). The smallest absolute Gasteiger partial charge is 0.353 e. The van der Waals surface area contributed by atoms with Crippen molar-refractivity contribution in [3.8, 4) is 0 Å². The summed E-state index contributed by atoms with van der Waals surface area (Å²) in [4.78, 5) is 23.6. The lowest BCUT2D eigenvalue weighted by molar-refractivity contribution is -0.121. The van der Waals surface area contributed by atoms with Crippen LogP contribution in [0.25, 0.3) is 0 Å². The number of amides is 2. The minimum atomic E-state index is -4.35. The fourth-order valence-corrected chi connectivity index (χ4v) is 3.11. The molecule has 1 aromatic rings. The lowest BCUT2D eigenvalue weighted by Gasteiger charge is -2.12. The lowest BCUT2D eigenvalue weighted by atomic mass is 10.2. The van der Waals surface area contributed by atoms with Crippen LogP contribution >= 0.6 is 11.8 Å². The van der Waals surface area contributed by atoms with E-state index in [1.54, 1.807) is 0 Å². The van der Waals surface area contributed by atoms with Gasteiger partial charge in [0.1, 0.15) is 0 Å². The Bertz CT molecular complexity index is 570. The molecule has 1 saturated carbocycles. The number of rotatable bonds is 6. The molecule has 0 aliphatic heterocycles. The third-order valence-corrected chi connectivity index (χ3v) is 4.45. The summed E-state index contributed by atoms with van der Waals surface area (Å²) >= 11 is -0.227. The van der Waals surface area contributed by atoms with Crippen LogP contribution in [0.4, 0.5) is 13.2 Å². The standard InChI is InChI=1S/C16H19F3N2O2S/c17-16(18,19)24-13-7-5-11(6-8-13)15(23)20-10-9-14(22)21-12-3-1-2-4-12/h5-8,12H,1-4,9-10H2,(H,20,23)(H,21,22). The zero-order valence-electron chi connectivity index (χ0n) is 13.0. The second-order valence-corrected chi connectivity index (χ2v) is 6.77. The number of carbonyl (C=O) groups excluding carboxylic acids is 2. The normalized spacial score (nSPS) is 15.3. The Labute approximate surface area is 142 Å². The summed E-state index contributed by atoms with van der Waals surface area (Å²) in [5.41, 5.74) is -4.09. The molecule has 2 amide bonds. The highest BCUT2D eigenvalue weighted by Gasteiger charge is 2.29. The van der Waals surface area contributed by atoms with Gasteiger partial charge in [0.15, 0.2) is 0 Å². The van der Waals surface area contributed by atoms with Gasteiger partial charge in [-0.1, -0.05) is 12.8 Å². The molecule has 0 radical (unpaired) electrons. The van der Waals surface area contributed by atoms with Crippen molar-refractivity contribution in [1.82, 2.24) is 10.6 Å². The Morgan fingerprint density at radius 2 is 1.75 bits per heavy atom. The molecule has 0 spiro atoms. The quantitative estimate of drug-likeness (QED) is 0.764. The molecule has 24 heavy (non-hydrogen) atoms. The monoisotopic (exact) mass is 360 g/mol. The van der Waals surface area contributed by atoms with Gasteiger partial charge >= 0.3 is 5.51 Å². The van der Waals surface area contributed by atoms with Crippen molar-refractivity contribution < 1.29 is 22.8 Å². The molecule has 2 N–H and O–H groups in total. The molecule has 1 aliphatic carbocycles. The minimum absolute atomic E-state index is 0.0231. The van der Waals surface area contributed by atoms with Crippen LogP contribution in [0.5, 0.6) is 0 Å². The number of benzene rings is 1. The average molecular weight is 360 g/mol. The first kappa shape index (κ1) is 18.6. The van der Waals surface area contributed by atoms with Crippen LogP contribution in [0.1, 0.15) is 42.5 Å². The highest BCUT2D eigenvalue weighted by atomic mass is 32.2. The Balaban J connectivity index is 1.72. The molecule has 8 heteroatoms. The average Bonchev–Trinajstić information content (AvgIpc) is 2.99. The number of hydrogen-bond donors (Lipinski definition) is 2. The Hall–Kier alpha value is -1.70. The summed E-state index contributed by atoms with van der Waals surface area (Å²) in [5, 5.41) is 5.52. The zero-order valence-corrected chi connectivity index (χ0v) is 13.8. The van der Waals surface area contributed by atoms with Crippen molar-refractivity contribution >= 4 is 23.6 Å². The van der Waals surface area contributed by atoms with E-state index in [9.17, 15) is 22.8 Å². The largest absolute Gasteiger partial charge is 0.446 e. The van der Waals surface area contributed by atoms with E-state index in [-0.39, 0.29) is 47.1 Å². The molecule has 0 atom stereocenters. The van der Waals surface area contributed by atoms with Gasteiger partial charge in [-0.2, -0.15) is 13.2 Å². The number of nitrogens with one attached hydrogen (secondary N) is 2. The Kier molecular flexibility index (Phi) is 6.53. The van der Waals surface area contributed by atoms with Crippen LogP contribution in [0, 0.1) is 0 Å². The van der Waals surface area contributed by atoms with Crippen LogP contribution in [0.15, 0.2) is 29.2 Å². The van der Waals surface area contributed by atoms with E-state index in [1.165, 1.54) is 24.3 Å². The highest BCUT2D eigenvalue weighted by molar-refractivity contribution is 8.00. The molecule has 1 aromatic carbocycles. The van der Waals surface area contributed by atoms with Gasteiger partial charge in [0.2, 0.25) is 5.91 Å². The van der Waals surface area contributed by atoms with Crippen molar-refractivity contribution in [2.75, 3.05) is 6.54 Å². The van der Waals surface area contributed by atoms with Gasteiger partial charge < -0.3 is 10.6 Å². The van der Waals surface area contributed by atoms with Crippen molar-refractivity contribution in [3.63, 3.8) is 0 Å². The topological polar surface area (TPSA) is 58.2 Å². The van der Waals surface area contributed by atoms with E-state index in [4.69, 9.17) is 0 Å². The van der Waals surface area contributed by atoms with Crippen LogP contribution in [0.3, 0.4) is 0 Å². The summed E-state index contributed by atoms with van der Waals surface area (Å²) in [6.45, 7) is 0.191. The fraction of sp³-hybridized carbons (Fsp3) is 0.500. The van der Waals surface area contributed by atoms with Gasteiger partial charge in [0.25, 0.3) is 5.91 Å². The number of carbonyl (C=O) groups is 2. The SMILES string of the molecule is O=C(CCNC(=O)c1ccc(SC(F)(F)F)cc1)NC1CCCC1. The molecule has 1 aliphatic rings. The van der Waals surface area contributed by atoms with E-state index in [2.05, 4.69) is 10.6 Å². The molecule has 0 aromatic heterocycles. The van der Waals surface area contributed by atoms with E-state index in [1.807, 2.05) is 0 Å². The third-order valence-electron chi connectivity index (χ3n) is 3.71. The van der Waals surface area contributed by atoms with Crippen molar-refractivity contribution in [2.45, 2.75) is 48.5 Å². The van der Waals surface area contributed by atoms with E-state index >= 15 is 0 Å². The second-order valence-electron chi connectivity index (χ2n) is 5.63. The molecule has 132 valence electrons. The number of hydrogen-bond acceptors (Lipinski definition) is 3. The van der Waals surface area contributed by atoms with E-state index < -0.39 is 11.4 Å². The number of halogens is 3. The van der Waals surface area contributed by atoms with Gasteiger partial charge in [-0.15, -0.1) is 0 Å². The van der Waals surface area contributed by atoms with E-state index in [0.29, 0.717) is 0 Å². The first-order valence-corrected chi connectivity index (χ1v) is 8.58. The maximum atomic E-state index is 12.2. The Morgan fingerprint density at radius 1 is 1.12 bits per heavy atom. The van der Waals surface area contributed by atoms with E-state index in [0.717, 1.165) is 25.7 Å². The maximum Gasteiger partial charge on any atom is 0.446 e. The lowest BCUT2D eigenvalue weighted by Crippen LogP contribution is -2.35. The first-order chi connectivity index (χ1) is 11.3. The molecule has 0 bridgehead atoms. The molecule has 0 saturated heterocycles. The van der Waals surface area contributed by atoms with Gasteiger partial charge in [-0.3, -0.25) is 9.59 Å². The molecule has 4 nitrogen and oxygen atoms in total. The maximum absolute atomic E-state index is 12.2. The van der Waals surface area contributed by atoms with Gasteiger partial charge in [0.05, 0.1) is 0 Å². The van der Waals surface area contributed by atoms with Gasteiger partial charge in [-0.25, -0.2) is 0 Å². The summed E-state index contributed by atoms with van der Waals surface area (Å²) in [5.74, 6) is -0.508. The third kappa shape index (κ3) is 6.43. The molecular formula is C16H19F3N2O2S. The highest BCUT2D eigenvalue weighted by Crippen LogP contribution is 2.36. The van der Waals surface area contributed by atoms with Gasteiger partial charge in [0, 0.05) is 29.5 Å². The van der Waals surface area contributed by atoms with Crippen molar-refractivity contribution in [1.29, 1.82) is 0 Å². The first-order valence-electron chi connectivity index (χ1n) is 7.77. The summed E-state index contributed by atoms with van der Waals surface area (Å²) in [6, 6.07) is 5.41. The van der Waals surface area contributed by atoms with Crippen LogP contribution in [-0.2, 0) is 4.79 Å². The fourth-order valence-electron chi connectivity index (χ4n) is 2.57. The van der Waals surface area contributed by atoms with Crippen molar-refractivity contribution in [3.05, 3.63) is 29.8 Å². The van der Waals surface area contributed by atoms with Crippen molar-refractivity contribution in [2.24, 2.45) is 0 Å². The van der Waals surface area contributed by atoms with Crippen LogP contribution in [0.2, 0.25) is 0 Å². The summed E-state index contributed by atoms with van der Waals surface area (Å²) in [6.07, 6.45) is 4.44. The zero-order chi connectivity index (χ0) is 17.6. The molecule has 0 unspecified atom stereocenters. The predicted molar refractivity (Wildman–Crippen MR) is 85.7 cm³/mol.